The molecule has 1 saturated carbocycles. The number of amides is 1. The van der Waals surface area contributed by atoms with Gasteiger partial charge in [0, 0.05) is 37.7 Å². The normalized spacial score (nSPS) is 21.7. The molecular weight excluding hydrogens is 258 g/mol. The van der Waals surface area contributed by atoms with E-state index in [4.69, 9.17) is 5.73 Å². The summed E-state index contributed by atoms with van der Waals surface area (Å²) in [4.78, 5) is 24.2. The van der Waals surface area contributed by atoms with Crippen LogP contribution in [0.4, 0.5) is 5.69 Å². The molecule has 108 valence electrons. The zero-order valence-electron chi connectivity index (χ0n) is 11.5. The highest BCUT2D eigenvalue weighted by Gasteiger charge is 2.29. The van der Waals surface area contributed by atoms with E-state index in [1.165, 1.54) is 12.1 Å². The van der Waals surface area contributed by atoms with Crippen LogP contribution in [0.1, 0.15) is 24.8 Å². The van der Waals surface area contributed by atoms with Crippen molar-refractivity contribution in [1.82, 2.24) is 4.90 Å². The lowest BCUT2D eigenvalue weighted by molar-refractivity contribution is -0.384. The predicted octanol–water partition coefficient (Wildman–Crippen LogP) is 1.68. The number of rotatable bonds is 4. The van der Waals surface area contributed by atoms with Gasteiger partial charge in [0.2, 0.25) is 5.91 Å². The van der Waals surface area contributed by atoms with Gasteiger partial charge in [-0.1, -0.05) is 12.1 Å². The Bertz CT molecular complexity index is 518. The van der Waals surface area contributed by atoms with Crippen LogP contribution in [0.25, 0.3) is 0 Å². The number of benzene rings is 1. The first-order valence-electron chi connectivity index (χ1n) is 6.71. The summed E-state index contributed by atoms with van der Waals surface area (Å²) in [6, 6.07) is 6.50. The predicted molar refractivity (Wildman–Crippen MR) is 74.9 cm³/mol. The van der Waals surface area contributed by atoms with Gasteiger partial charge in [-0.2, -0.15) is 0 Å². The molecule has 2 unspecified atom stereocenters. The molecule has 1 aliphatic carbocycles. The highest BCUT2D eigenvalue weighted by molar-refractivity contribution is 5.79. The van der Waals surface area contributed by atoms with Crippen molar-refractivity contribution >= 4 is 11.6 Å². The lowest BCUT2D eigenvalue weighted by atomic mass is 10.1. The summed E-state index contributed by atoms with van der Waals surface area (Å²) >= 11 is 0. The van der Waals surface area contributed by atoms with Gasteiger partial charge < -0.3 is 10.6 Å². The van der Waals surface area contributed by atoms with E-state index in [0.29, 0.717) is 6.54 Å². The second kappa shape index (κ2) is 6.00. The number of carbonyl (C=O) groups is 1. The Kier molecular flexibility index (Phi) is 4.34. The van der Waals surface area contributed by atoms with Gasteiger partial charge in [0.25, 0.3) is 5.69 Å². The average Bonchev–Trinajstić information content (AvgIpc) is 2.84. The highest BCUT2D eigenvalue weighted by atomic mass is 16.6. The Labute approximate surface area is 117 Å². The Morgan fingerprint density at radius 3 is 2.85 bits per heavy atom. The fourth-order valence-corrected chi connectivity index (χ4v) is 2.67. The summed E-state index contributed by atoms with van der Waals surface area (Å²) in [5.74, 6) is 0.0677. The minimum absolute atomic E-state index is 0.00584. The summed E-state index contributed by atoms with van der Waals surface area (Å²) in [5.41, 5.74) is 6.63. The Morgan fingerprint density at radius 2 is 2.25 bits per heavy atom. The van der Waals surface area contributed by atoms with E-state index in [-0.39, 0.29) is 23.6 Å². The van der Waals surface area contributed by atoms with Crippen molar-refractivity contribution in [3.63, 3.8) is 0 Å². The number of nitrogens with zero attached hydrogens (tertiary/aromatic N) is 2. The quantitative estimate of drug-likeness (QED) is 0.669. The highest BCUT2D eigenvalue weighted by Crippen LogP contribution is 2.26. The molecular formula is C14H19N3O3. The minimum Gasteiger partial charge on any atom is -0.341 e. The Morgan fingerprint density at radius 1 is 1.50 bits per heavy atom. The summed E-state index contributed by atoms with van der Waals surface area (Å²) in [6.07, 6.45) is 2.46. The number of nitrogens with two attached hydrogens (primary N) is 1. The Hall–Kier alpha value is -1.95. The number of non-ortho nitro benzene ring substituents is 1. The van der Waals surface area contributed by atoms with Crippen LogP contribution in [-0.2, 0) is 11.3 Å². The summed E-state index contributed by atoms with van der Waals surface area (Å²) in [5, 5.41) is 10.7. The molecule has 1 aromatic carbocycles. The summed E-state index contributed by atoms with van der Waals surface area (Å²) in [7, 11) is 1.73. The Balaban J connectivity index is 2.00. The van der Waals surface area contributed by atoms with E-state index >= 15 is 0 Å². The molecule has 0 radical (unpaired) electrons. The van der Waals surface area contributed by atoms with Crippen LogP contribution in [-0.4, -0.2) is 28.8 Å². The fraction of sp³-hybridized carbons (Fsp3) is 0.500. The zero-order chi connectivity index (χ0) is 14.7. The number of hydrogen-bond donors (Lipinski definition) is 1. The minimum atomic E-state index is -0.429. The first-order chi connectivity index (χ1) is 9.47. The lowest BCUT2D eigenvalue weighted by Crippen LogP contribution is -2.32. The molecule has 2 rings (SSSR count). The summed E-state index contributed by atoms with van der Waals surface area (Å²) in [6.45, 7) is 0.381. The van der Waals surface area contributed by atoms with Gasteiger partial charge in [0.1, 0.15) is 0 Å². The second-order valence-electron chi connectivity index (χ2n) is 5.39. The first-order valence-corrected chi connectivity index (χ1v) is 6.71. The molecule has 0 bridgehead atoms. The van der Waals surface area contributed by atoms with Crippen molar-refractivity contribution in [2.75, 3.05) is 7.05 Å². The number of nitro benzene ring substituents is 1. The molecule has 1 aromatic rings. The van der Waals surface area contributed by atoms with Gasteiger partial charge in [-0.3, -0.25) is 14.9 Å². The van der Waals surface area contributed by atoms with Crippen LogP contribution in [0.2, 0.25) is 0 Å². The van der Waals surface area contributed by atoms with E-state index in [1.54, 1.807) is 24.1 Å². The molecule has 0 spiro atoms. The van der Waals surface area contributed by atoms with Crippen LogP contribution >= 0.6 is 0 Å². The molecule has 0 heterocycles. The molecule has 1 amide bonds. The second-order valence-corrected chi connectivity index (χ2v) is 5.39. The maximum Gasteiger partial charge on any atom is 0.269 e. The monoisotopic (exact) mass is 277 g/mol. The van der Waals surface area contributed by atoms with Gasteiger partial charge in [0.05, 0.1) is 4.92 Å². The van der Waals surface area contributed by atoms with Crippen molar-refractivity contribution in [1.29, 1.82) is 0 Å². The molecule has 1 aliphatic rings. The van der Waals surface area contributed by atoms with E-state index < -0.39 is 4.92 Å². The van der Waals surface area contributed by atoms with Crippen LogP contribution in [0, 0.1) is 16.0 Å². The molecule has 2 atom stereocenters. The third-order valence-corrected chi connectivity index (χ3v) is 3.74. The molecule has 0 aliphatic heterocycles. The van der Waals surface area contributed by atoms with Crippen molar-refractivity contribution in [2.45, 2.75) is 31.8 Å². The van der Waals surface area contributed by atoms with Gasteiger partial charge in [-0.25, -0.2) is 0 Å². The lowest BCUT2D eigenvalue weighted by Gasteiger charge is -2.21. The topological polar surface area (TPSA) is 89.5 Å². The van der Waals surface area contributed by atoms with E-state index in [1.807, 2.05) is 0 Å². The van der Waals surface area contributed by atoms with E-state index in [2.05, 4.69) is 0 Å². The molecule has 6 heteroatoms. The third kappa shape index (κ3) is 3.33. The average molecular weight is 277 g/mol. The van der Waals surface area contributed by atoms with E-state index in [0.717, 1.165) is 24.8 Å². The SMILES string of the molecule is CN(Cc1cccc([N+](=O)[O-])c1)C(=O)C1CCC(N)C1. The third-order valence-electron chi connectivity index (χ3n) is 3.74. The van der Waals surface area contributed by atoms with Gasteiger partial charge >= 0.3 is 0 Å². The van der Waals surface area contributed by atoms with Crippen molar-refractivity contribution < 1.29 is 9.72 Å². The van der Waals surface area contributed by atoms with Gasteiger partial charge in [-0.05, 0) is 24.8 Å². The van der Waals surface area contributed by atoms with Crippen molar-refractivity contribution in [3.8, 4) is 0 Å². The molecule has 0 saturated heterocycles. The van der Waals surface area contributed by atoms with Gasteiger partial charge in [0.15, 0.2) is 0 Å². The number of nitro groups is 1. The van der Waals surface area contributed by atoms with Crippen LogP contribution in [0.15, 0.2) is 24.3 Å². The molecule has 0 aromatic heterocycles. The first kappa shape index (κ1) is 14.5. The molecule has 2 N–H and O–H groups in total. The number of carbonyl (C=O) groups excluding carboxylic acids is 1. The molecule has 1 fully saturated rings. The maximum atomic E-state index is 12.3. The van der Waals surface area contributed by atoms with Crippen LogP contribution in [0.5, 0.6) is 0 Å². The molecule has 6 nitrogen and oxygen atoms in total. The largest absolute Gasteiger partial charge is 0.341 e. The smallest absolute Gasteiger partial charge is 0.269 e. The number of hydrogen-bond acceptors (Lipinski definition) is 4. The van der Waals surface area contributed by atoms with E-state index in [9.17, 15) is 14.9 Å². The maximum absolute atomic E-state index is 12.3. The van der Waals surface area contributed by atoms with Crippen molar-refractivity contribution in [2.24, 2.45) is 11.7 Å². The van der Waals surface area contributed by atoms with Crippen molar-refractivity contribution in [3.05, 3.63) is 39.9 Å². The van der Waals surface area contributed by atoms with Gasteiger partial charge in [-0.15, -0.1) is 0 Å². The van der Waals surface area contributed by atoms with Crippen LogP contribution < -0.4 is 5.73 Å². The standard InChI is InChI=1S/C14H19N3O3/c1-16(14(18)11-5-6-12(15)8-11)9-10-3-2-4-13(7-10)17(19)20/h2-4,7,11-12H,5-6,8-9,15H2,1H3. The molecule has 20 heavy (non-hydrogen) atoms. The van der Waals surface area contributed by atoms with Crippen LogP contribution in [0.3, 0.4) is 0 Å². The zero-order valence-corrected chi connectivity index (χ0v) is 11.5. The fourth-order valence-electron chi connectivity index (χ4n) is 2.67. The summed E-state index contributed by atoms with van der Waals surface area (Å²) < 4.78 is 0.